The van der Waals surface area contributed by atoms with Gasteiger partial charge >= 0.3 is 5.97 Å². The van der Waals surface area contributed by atoms with Gasteiger partial charge in [-0.15, -0.1) is 0 Å². The van der Waals surface area contributed by atoms with Gasteiger partial charge < -0.3 is 4.74 Å². The van der Waals surface area contributed by atoms with Crippen LogP contribution in [0.25, 0.3) is 0 Å². The number of esters is 1. The average Bonchev–Trinajstić information content (AvgIpc) is 2.06. The zero-order valence-electron chi connectivity index (χ0n) is 7.28. The first-order valence-electron chi connectivity index (χ1n) is 4.50. The molecule has 0 bridgehead atoms. The number of alkyl halides is 1. The number of hydrogen-bond donors (Lipinski definition) is 0. The van der Waals surface area contributed by atoms with Crippen molar-refractivity contribution in [3.8, 4) is 0 Å². The number of carbonyl (C=O) groups is 1. The maximum absolute atomic E-state index is 11.2. The van der Waals surface area contributed by atoms with Gasteiger partial charge in [0.25, 0.3) is 0 Å². The SMILES string of the molecule is O=C1CC2CCN(P)CC2C(I)O1. The first kappa shape index (κ1) is 10.1. The third-order valence-electron chi connectivity index (χ3n) is 2.85. The molecule has 0 radical (unpaired) electrons. The van der Waals surface area contributed by atoms with Crippen molar-refractivity contribution in [3.63, 3.8) is 0 Å². The minimum absolute atomic E-state index is 0.0159. The molecule has 74 valence electrons. The van der Waals surface area contributed by atoms with E-state index in [2.05, 4.69) is 36.7 Å². The second kappa shape index (κ2) is 3.99. The highest BCUT2D eigenvalue weighted by Crippen LogP contribution is 2.37. The summed E-state index contributed by atoms with van der Waals surface area (Å²) in [6.07, 6.45) is 1.76. The molecule has 0 amide bonds. The van der Waals surface area contributed by atoms with Crippen LogP contribution in [-0.2, 0) is 9.53 Å². The zero-order valence-corrected chi connectivity index (χ0v) is 10.6. The van der Waals surface area contributed by atoms with E-state index in [1.807, 2.05) is 0 Å². The molecule has 2 rings (SSSR count). The van der Waals surface area contributed by atoms with Crippen molar-refractivity contribution in [3.05, 3.63) is 0 Å². The minimum Gasteiger partial charge on any atom is -0.451 e. The number of cyclic esters (lactones) is 1. The van der Waals surface area contributed by atoms with E-state index in [1.54, 1.807) is 0 Å². The molecule has 3 nitrogen and oxygen atoms in total. The molecule has 2 aliphatic heterocycles. The first-order chi connectivity index (χ1) is 6.16. The number of piperidine rings is 1. The number of nitrogens with zero attached hydrogens (tertiary/aromatic N) is 1. The summed E-state index contributed by atoms with van der Waals surface area (Å²) in [7, 11) is 2.73. The van der Waals surface area contributed by atoms with Crippen LogP contribution in [0.1, 0.15) is 12.8 Å². The molecule has 13 heavy (non-hydrogen) atoms. The topological polar surface area (TPSA) is 29.5 Å². The maximum atomic E-state index is 11.2. The molecule has 2 saturated heterocycles. The van der Waals surface area contributed by atoms with Crippen LogP contribution >= 0.6 is 32.0 Å². The van der Waals surface area contributed by atoms with Crippen LogP contribution in [0.15, 0.2) is 0 Å². The molecular formula is C8H13INO2P. The lowest BCUT2D eigenvalue weighted by molar-refractivity contribution is -0.156. The quantitative estimate of drug-likeness (QED) is 0.293. The van der Waals surface area contributed by atoms with E-state index < -0.39 is 0 Å². The maximum Gasteiger partial charge on any atom is 0.307 e. The predicted molar refractivity (Wildman–Crippen MR) is 61.4 cm³/mol. The highest BCUT2D eigenvalue weighted by Gasteiger charge is 2.39. The van der Waals surface area contributed by atoms with Crippen molar-refractivity contribution in [1.29, 1.82) is 0 Å². The molecule has 0 saturated carbocycles. The van der Waals surface area contributed by atoms with Crippen LogP contribution in [0.5, 0.6) is 0 Å². The van der Waals surface area contributed by atoms with E-state index in [4.69, 9.17) is 4.74 Å². The molecule has 4 unspecified atom stereocenters. The second-order valence-corrected chi connectivity index (χ2v) is 5.71. The predicted octanol–water partition coefficient (Wildman–Crippen LogP) is 1.42. The molecule has 2 heterocycles. The number of fused-ring (bicyclic) bond motifs is 1. The van der Waals surface area contributed by atoms with E-state index >= 15 is 0 Å². The van der Waals surface area contributed by atoms with Gasteiger partial charge in [-0.25, -0.2) is 0 Å². The van der Waals surface area contributed by atoms with E-state index in [0.717, 1.165) is 19.5 Å². The largest absolute Gasteiger partial charge is 0.451 e. The van der Waals surface area contributed by atoms with Crippen molar-refractivity contribution in [2.24, 2.45) is 11.8 Å². The van der Waals surface area contributed by atoms with Crippen molar-refractivity contribution in [2.75, 3.05) is 13.1 Å². The Kier molecular flexibility index (Phi) is 3.11. The van der Waals surface area contributed by atoms with Crippen LogP contribution in [0, 0.1) is 11.8 Å². The molecule has 5 heteroatoms. The minimum atomic E-state index is -0.0159. The van der Waals surface area contributed by atoms with Gasteiger partial charge in [0.05, 0.1) is 0 Å². The van der Waals surface area contributed by atoms with Gasteiger partial charge in [0.1, 0.15) is 0 Å². The fourth-order valence-corrected chi connectivity index (χ4v) is 3.57. The van der Waals surface area contributed by atoms with E-state index in [-0.39, 0.29) is 10.1 Å². The summed E-state index contributed by atoms with van der Waals surface area (Å²) < 4.78 is 7.53. The molecule has 0 aromatic heterocycles. The Morgan fingerprint density at radius 1 is 1.62 bits per heavy atom. The van der Waals surface area contributed by atoms with Crippen molar-refractivity contribution >= 4 is 38.0 Å². The number of halogens is 1. The standard InChI is InChI=1S/C8H13INO2P/c9-8-6-4-10(13)2-1-5(6)3-7(11)12-8/h5-6,8H,1-4,13H2. The lowest BCUT2D eigenvalue weighted by Gasteiger charge is -2.41. The molecule has 2 fully saturated rings. The summed E-state index contributed by atoms with van der Waals surface area (Å²) in [6.45, 7) is 2.12. The van der Waals surface area contributed by atoms with Crippen LogP contribution in [0.3, 0.4) is 0 Å². The fraction of sp³-hybridized carbons (Fsp3) is 0.875. The lowest BCUT2D eigenvalue weighted by atomic mass is 9.83. The normalized spacial score (nSPS) is 41.1. The smallest absolute Gasteiger partial charge is 0.307 e. The van der Waals surface area contributed by atoms with Crippen LogP contribution in [0.2, 0.25) is 0 Å². The van der Waals surface area contributed by atoms with Gasteiger partial charge in [0.2, 0.25) is 0 Å². The molecule has 0 spiro atoms. The number of rotatable bonds is 0. The molecule has 0 aromatic rings. The van der Waals surface area contributed by atoms with E-state index in [0.29, 0.717) is 18.3 Å². The van der Waals surface area contributed by atoms with Crippen LogP contribution < -0.4 is 0 Å². The lowest BCUT2D eigenvalue weighted by Crippen LogP contribution is -2.45. The molecule has 4 atom stereocenters. The summed E-state index contributed by atoms with van der Waals surface area (Å²) in [5, 5.41) is 0. The van der Waals surface area contributed by atoms with Crippen molar-refractivity contribution < 1.29 is 9.53 Å². The summed E-state index contributed by atoms with van der Waals surface area (Å²) in [5.74, 6) is 1.07. The summed E-state index contributed by atoms with van der Waals surface area (Å²) in [5.41, 5.74) is 0. The Hall–Kier alpha value is 0.590. The molecular weight excluding hydrogens is 300 g/mol. The third-order valence-corrected chi connectivity index (χ3v) is 4.49. The monoisotopic (exact) mass is 313 g/mol. The molecule has 0 aromatic carbocycles. The number of carbonyl (C=O) groups excluding carboxylic acids is 1. The Morgan fingerprint density at radius 3 is 3.15 bits per heavy atom. The van der Waals surface area contributed by atoms with Crippen molar-refractivity contribution in [2.45, 2.75) is 17.0 Å². The number of ether oxygens (including phenoxy) is 1. The van der Waals surface area contributed by atoms with Gasteiger partial charge in [0.15, 0.2) is 4.11 Å². The number of hydrogen-bond acceptors (Lipinski definition) is 3. The molecule has 2 aliphatic rings. The fourth-order valence-electron chi connectivity index (χ4n) is 2.08. The van der Waals surface area contributed by atoms with E-state index in [1.165, 1.54) is 0 Å². The Morgan fingerprint density at radius 2 is 2.38 bits per heavy atom. The molecule has 0 aliphatic carbocycles. The van der Waals surface area contributed by atoms with Gasteiger partial charge in [-0.05, 0) is 34.9 Å². The third kappa shape index (κ3) is 2.16. The average molecular weight is 313 g/mol. The van der Waals surface area contributed by atoms with Crippen molar-refractivity contribution in [1.82, 2.24) is 4.67 Å². The Labute approximate surface area is 94.0 Å². The van der Waals surface area contributed by atoms with E-state index in [9.17, 15) is 4.79 Å². The molecule has 0 N–H and O–H groups in total. The summed E-state index contributed by atoms with van der Waals surface area (Å²) in [6, 6.07) is 0. The van der Waals surface area contributed by atoms with Gasteiger partial charge in [-0.3, -0.25) is 9.46 Å². The summed E-state index contributed by atoms with van der Waals surface area (Å²) in [4.78, 5) is 11.2. The van der Waals surface area contributed by atoms with Gasteiger partial charge in [0, 0.05) is 25.4 Å². The Bertz CT molecular complexity index is 226. The van der Waals surface area contributed by atoms with Gasteiger partial charge in [-0.1, -0.05) is 9.39 Å². The summed E-state index contributed by atoms with van der Waals surface area (Å²) >= 11 is 2.24. The van der Waals surface area contributed by atoms with Gasteiger partial charge in [-0.2, -0.15) is 0 Å². The first-order valence-corrected chi connectivity index (χ1v) is 6.26. The second-order valence-electron chi connectivity index (χ2n) is 3.75. The highest BCUT2D eigenvalue weighted by molar-refractivity contribution is 14.1. The Balaban J connectivity index is 2.06. The zero-order chi connectivity index (χ0) is 9.42. The highest BCUT2D eigenvalue weighted by atomic mass is 127. The van der Waals surface area contributed by atoms with Crippen LogP contribution in [-0.4, -0.2) is 27.8 Å². The van der Waals surface area contributed by atoms with Crippen LogP contribution in [0.4, 0.5) is 0 Å².